The minimum atomic E-state index is -4.47. The van der Waals surface area contributed by atoms with Gasteiger partial charge in [0.2, 0.25) is 0 Å². The van der Waals surface area contributed by atoms with Crippen molar-refractivity contribution < 1.29 is 42.6 Å². The van der Waals surface area contributed by atoms with E-state index in [4.69, 9.17) is 5.11 Å². The average Bonchev–Trinajstić information content (AvgIpc) is 3.43. The van der Waals surface area contributed by atoms with Crippen molar-refractivity contribution in [3.8, 4) is 0 Å². The largest absolute Gasteiger partial charge is 0.479 e. The number of thioether (sulfide) groups is 1. The Labute approximate surface area is 250 Å². The summed E-state index contributed by atoms with van der Waals surface area (Å²) in [7, 11) is 0. The lowest BCUT2D eigenvalue weighted by Gasteiger charge is -2.11. The van der Waals surface area contributed by atoms with Gasteiger partial charge in [-0.1, -0.05) is 43.9 Å². The third-order valence-electron chi connectivity index (χ3n) is 6.48. The smallest absolute Gasteiger partial charge is 0.446 e. The number of fused-ring (bicyclic) bond motifs is 1. The first-order chi connectivity index (χ1) is 20.3. The van der Waals surface area contributed by atoms with Gasteiger partial charge < -0.3 is 15.5 Å². The van der Waals surface area contributed by atoms with Crippen molar-refractivity contribution in [2.45, 2.75) is 49.1 Å². The van der Waals surface area contributed by atoms with Gasteiger partial charge in [0.05, 0.1) is 6.54 Å². The lowest BCUT2D eigenvalue weighted by atomic mass is 9.92. The lowest BCUT2D eigenvalue weighted by molar-refractivity contribution is -0.146. The number of hydrogen-bond donors (Lipinski definition) is 3. The molecule has 2 aromatic rings. The van der Waals surface area contributed by atoms with E-state index in [1.54, 1.807) is 13.0 Å². The van der Waals surface area contributed by atoms with Gasteiger partial charge in [0.25, 0.3) is 5.91 Å². The number of hydrogen-bond acceptors (Lipinski definition) is 6. The fourth-order valence-corrected chi connectivity index (χ4v) is 4.87. The Hall–Kier alpha value is -4.22. The Balaban J connectivity index is 1.89. The molecule has 0 heterocycles. The Morgan fingerprint density at radius 2 is 1.67 bits per heavy atom. The Kier molecular flexibility index (Phi) is 11.4. The summed E-state index contributed by atoms with van der Waals surface area (Å²) in [6, 6.07) is 10.3. The molecule has 0 saturated carbocycles. The molecule has 3 rings (SSSR count). The van der Waals surface area contributed by atoms with Crippen molar-refractivity contribution in [2.75, 3.05) is 6.54 Å². The second-order valence-electron chi connectivity index (χ2n) is 9.65. The molecule has 7 nitrogen and oxygen atoms in total. The molecule has 0 radical (unpaired) electrons. The van der Waals surface area contributed by atoms with Crippen LogP contribution in [0.5, 0.6) is 0 Å². The van der Waals surface area contributed by atoms with Gasteiger partial charge in [-0.2, -0.15) is 13.2 Å². The maximum atomic E-state index is 13.6. The number of aliphatic carboxylic acids is 1. The predicted octanol–water partition coefficient (Wildman–Crippen LogP) is 5.63. The Morgan fingerprint density at radius 3 is 2.30 bits per heavy atom. The van der Waals surface area contributed by atoms with Gasteiger partial charge in [-0.3, -0.25) is 14.4 Å². The van der Waals surface area contributed by atoms with E-state index in [9.17, 15) is 37.5 Å². The molecular formula is C32H30F3NO6S. The van der Waals surface area contributed by atoms with Crippen LogP contribution in [0.4, 0.5) is 13.2 Å². The van der Waals surface area contributed by atoms with Crippen LogP contribution in [-0.2, 0) is 27.2 Å². The zero-order chi connectivity index (χ0) is 31.7. The van der Waals surface area contributed by atoms with Crippen LogP contribution in [0.15, 0.2) is 89.4 Å². The zero-order valence-corrected chi connectivity index (χ0v) is 24.1. The number of ketones is 2. The van der Waals surface area contributed by atoms with E-state index < -0.39 is 41.6 Å². The number of aryl methyl sites for hydroxylation is 2. The predicted molar refractivity (Wildman–Crippen MR) is 157 cm³/mol. The lowest BCUT2D eigenvalue weighted by Crippen LogP contribution is -2.36. The van der Waals surface area contributed by atoms with Gasteiger partial charge in [0.1, 0.15) is 0 Å². The van der Waals surface area contributed by atoms with E-state index in [2.05, 4.69) is 11.9 Å². The highest BCUT2D eigenvalue weighted by Crippen LogP contribution is 2.37. The number of amides is 1. The summed E-state index contributed by atoms with van der Waals surface area (Å²) in [5, 5.41) is 20.5. The third kappa shape index (κ3) is 9.65. The summed E-state index contributed by atoms with van der Waals surface area (Å²) in [4.78, 5) is 50.1. The number of carbonyl (C=O) groups is 4. The van der Waals surface area contributed by atoms with E-state index in [1.807, 2.05) is 12.1 Å². The normalized spacial score (nSPS) is 14.3. The van der Waals surface area contributed by atoms with Gasteiger partial charge >= 0.3 is 11.5 Å². The van der Waals surface area contributed by atoms with Crippen LogP contribution in [0.2, 0.25) is 0 Å². The number of halogens is 3. The highest BCUT2D eigenvalue weighted by Gasteiger charge is 2.29. The summed E-state index contributed by atoms with van der Waals surface area (Å²) in [5.74, 6) is -3.36. The molecule has 0 spiro atoms. The molecule has 0 unspecified atom stereocenters. The topological polar surface area (TPSA) is 121 Å². The molecule has 2 aromatic carbocycles. The van der Waals surface area contributed by atoms with Crippen molar-refractivity contribution in [2.24, 2.45) is 0 Å². The Bertz CT molecular complexity index is 1510. The zero-order valence-electron chi connectivity index (χ0n) is 23.2. The molecule has 1 aliphatic rings. The Morgan fingerprint density at radius 1 is 1.02 bits per heavy atom. The second kappa shape index (κ2) is 14.8. The number of aliphatic hydroxyl groups excluding tert-OH is 1. The number of allylic oxidation sites excluding steroid dienone is 5. The molecule has 0 aromatic heterocycles. The molecule has 0 aliphatic heterocycles. The van der Waals surface area contributed by atoms with Crippen molar-refractivity contribution in [1.29, 1.82) is 0 Å². The molecule has 11 heteroatoms. The molecule has 43 heavy (non-hydrogen) atoms. The quantitative estimate of drug-likeness (QED) is 0.116. The maximum absolute atomic E-state index is 13.6. The van der Waals surface area contributed by atoms with Crippen LogP contribution in [0.25, 0.3) is 5.57 Å². The summed E-state index contributed by atoms with van der Waals surface area (Å²) in [5.41, 5.74) is -1.65. The van der Waals surface area contributed by atoms with Crippen molar-refractivity contribution in [1.82, 2.24) is 5.32 Å². The van der Waals surface area contributed by atoms with Crippen LogP contribution in [0.1, 0.15) is 46.8 Å². The molecular weight excluding hydrogens is 583 g/mol. The minimum absolute atomic E-state index is 0.0261. The van der Waals surface area contributed by atoms with Gasteiger partial charge in [-0.05, 0) is 90.6 Å². The molecule has 0 saturated heterocycles. The fraction of sp³-hybridized carbons (Fsp3) is 0.250. The number of carboxylic acids is 1. The highest BCUT2D eigenvalue weighted by atomic mass is 32.2. The van der Waals surface area contributed by atoms with Crippen LogP contribution in [-0.4, -0.2) is 51.8 Å². The minimum Gasteiger partial charge on any atom is -0.479 e. The van der Waals surface area contributed by atoms with Gasteiger partial charge in [0, 0.05) is 27.2 Å². The number of rotatable bonds is 13. The average molecular weight is 614 g/mol. The second-order valence-corrected chi connectivity index (χ2v) is 10.8. The molecule has 3 N–H and O–H groups in total. The van der Waals surface area contributed by atoms with E-state index in [1.165, 1.54) is 42.5 Å². The number of aliphatic hydroxyl groups is 1. The first kappa shape index (κ1) is 33.3. The van der Waals surface area contributed by atoms with Crippen molar-refractivity contribution in [3.05, 3.63) is 107 Å². The standard InChI is InChI=1S/C32H30F3NO6S/c1-3-5-22(30(40)36-18-28(38)31(41)42)9-8-19(2)29(39)26(24-11-10-20-6-4-7-23(20)16-24)17-27(37)21-12-14-25(15-13-21)43-32(33,34)35/h5,8-17,28,38H,2-4,6-7,18H2,1H3,(H,36,40)(H,41,42)/b9-8-,22-5+,26-17-/t28-/m1/s1. The first-order valence-electron chi connectivity index (χ1n) is 13.3. The SMILES string of the molecule is C=C(/C=C\C(=C/CC)C(=O)NC[C@@H](O)C(=O)O)C(=O)/C(=C\C(=O)c1ccc(SC(F)(F)F)cc1)c1ccc2c(c1)CCC2. The van der Waals surface area contributed by atoms with E-state index in [0.29, 0.717) is 12.0 Å². The van der Waals surface area contributed by atoms with Crippen LogP contribution in [0, 0.1) is 0 Å². The summed E-state index contributed by atoms with van der Waals surface area (Å²) < 4.78 is 38.1. The number of carboxylic acid groups (broad SMARTS) is 1. The third-order valence-corrected chi connectivity index (χ3v) is 7.22. The molecule has 226 valence electrons. The monoisotopic (exact) mass is 613 g/mol. The summed E-state index contributed by atoms with van der Waals surface area (Å²) in [6.07, 6.45) is 6.61. The molecule has 1 amide bonds. The number of benzene rings is 2. The number of Topliss-reactive ketones (excluding diaryl/α,β-unsaturated/α-hetero) is 1. The molecule has 1 atom stereocenters. The first-order valence-corrected chi connectivity index (χ1v) is 14.2. The van der Waals surface area contributed by atoms with Crippen molar-refractivity contribution >= 4 is 40.8 Å². The van der Waals surface area contributed by atoms with Gasteiger partial charge in [-0.15, -0.1) is 0 Å². The van der Waals surface area contributed by atoms with Crippen LogP contribution in [0.3, 0.4) is 0 Å². The number of alkyl halides is 3. The molecule has 0 bridgehead atoms. The van der Waals surface area contributed by atoms with Crippen molar-refractivity contribution in [3.63, 3.8) is 0 Å². The van der Waals surface area contributed by atoms with E-state index in [-0.39, 0.29) is 38.9 Å². The highest BCUT2D eigenvalue weighted by molar-refractivity contribution is 8.00. The van der Waals surface area contributed by atoms with Gasteiger partial charge in [-0.25, -0.2) is 4.79 Å². The molecule has 0 fully saturated rings. The van der Waals surface area contributed by atoms with Crippen LogP contribution < -0.4 is 5.32 Å². The van der Waals surface area contributed by atoms with Gasteiger partial charge in [0.15, 0.2) is 17.7 Å². The number of carbonyl (C=O) groups excluding carboxylic acids is 3. The summed E-state index contributed by atoms with van der Waals surface area (Å²) in [6.45, 7) is 5.06. The molecule has 1 aliphatic carbocycles. The van der Waals surface area contributed by atoms with Crippen LogP contribution >= 0.6 is 11.8 Å². The summed E-state index contributed by atoms with van der Waals surface area (Å²) >= 11 is -0.301. The van der Waals surface area contributed by atoms with E-state index >= 15 is 0 Å². The maximum Gasteiger partial charge on any atom is 0.446 e. The fourth-order valence-electron chi connectivity index (χ4n) is 4.33. The van der Waals surface area contributed by atoms with E-state index in [0.717, 1.165) is 36.5 Å². The number of nitrogens with one attached hydrogen (secondary N) is 1.